The number of carboxylic acid groups (broad SMARTS) is 1. The van der Waals surface area contributed by atoms with E-state index in [2.05, 4.69) is 17.2 Å². The van der Waals surface area contributed by atoms with Gasteiger partial charge in [0.1, 0.15) is 6.61 Å². The summed E-state index contributed by atoms with van der Waals surface area (Å²) in [6.45, 7) is 3.68. The highest BCUT2D eigenvalue weighted by atomic mass is 32.1. The van der Waals surface area contributed by atoms with Crippen molar-refractivity contribution in [3.8, 4) is 0 Å². The number of methoxy groups -OCH3 is 1. The van der Waals surface area contributed by atoms with Crippen molar-refractivity contribution in [2.75, 3.05) is 25.6 Å². The molecule has 1 aromatic heterocycles. The van der Waals surface area contributed by atoms with E-state index in [4.69, 9.17) is 4.74 Å². The van der Waals surface area contributed by atoms with Crippen molar-refractivity contribution in [3.63, 3.8) is 0 Å². The number of carboxylic acids is 1. The number of carbonyl (C=O) groups excluding carboxylic acids is 1. The number of aliphatic hydroxyl groups excluding tert-OH is 2. The maximum absolute atomic E-state index is 11.9. The monoisotopic (exact) mass is 412 g/mol. The second kappa shape index (κ2) is 7.70. The van der Waals surface area contributed by atoms with E-state index in [1.165, 1.54) is 18.4 Å². The number of fused-ring (bicyclic) bond motifs is 2. The van der Waals surface area contributed by atoms with Gasteiger partial charge < -0.3 is 20.1 Å². The van der Waals surface area contributed by atoms with Crippen molar-refractivity contribution >= 4 is 28.3 Å². The summed E-state index contributed by atoms with van der Waals surface area (Å²) in [5.74, 6) is -1.66. The zero-order valence-electron chi connectivity index (χ0n) is 16.4. The van der Waals surface area contributed by atoms with Crippen LogP contribution >= 0.6 is 11.3 Å². The molecular weight excluding hydrogens is 384 g/mol. The lowest BCUT2D eigenvalue weighted by Gasteiger charge is -2.58. The van der Waals surface area contributed by atoms with Crippen molar-refractivity contribution in [3.05, 3.63) is 10.6 Å². The molecule has 0 radical (unpaired) electrons. The Bertz CT molecular complexity index is 768. The van der Waals surface area contributed by atoms with Gasteiger partial charge in [-0.05, 0) is 30.6 Å². The number of thiazole rings is 1. The molecule has 1 heterocycles. The number of aliphatic carboxylic acids is 1. The Morgan fingerprint density at radius 1 is 1.39 bits per heavy atom. The van der Waals surface area contributed by atoms with Gasteiger partial charge in [-0.15, -0.1) is 11.3 Å². The fourth-order valence-electron chi connectivity index (χ4n) is 5.16. The molecule has 3 rings (SSSR count). The number of hydrogen-bond acceptors (Lipinski definition) is 7. The lowest BCUT2D eigenvalue weighted by molar-refractivity contribution is -0.150. The molecule has 1 fully saturated rings. The summed E-state index contributed by atoms with van der Waals surface area (Å²) in [5.41, 5.74) is -0.412. The van der Waals surface area contributed by atoms with Gasteiger partial charge in [-0.3, -0.25) is 14.9 Å². The Labute approximate surface area is 167 Å². The number of amides is 1. The minimum absolute atomic E-state index is 0.0766. The summed E-state index contributed by atoms with van der Waals surface area (Å²) < 4.78 is 4.83. The second-order valence-corrected chi connectivity index (χ2v) is 9.52. The van der Waals surface area contributed by atoms with Crippen molar-refractivity contribution < 1.29 is 29.6 Å². The van der Waals surface area contributed by atoms with Crippen LogP contribution in [0.4, 0.5) is 5.13 Å². The molecule has 4 N–H and O–H groups in total. The van der Waals surface area contributed by atoms with Crippen molar-refractivity contribution in [1.82, 2.24) is 4.98 Å². The molecule has 1 saturated carbocycles. The smallest absolute Gasteiger partial charge is 0.304 e. The summed E-state index contributed by atoms with van der Waals surface area (Å²) in [5, 5.41) is 33.4. The highest BCUT2D eigenvalue weighted by Crippen LogP contribution is 2.62. The van der Waals surface area contributed by atoms with Gasteiger partial charge in [-0.1, -0.05) is 13.8 Å². The van der Waals surface area contributed by atoms with Crippen LogP contribution in [-0.4, -0.2) is 58.6 Å². The topological polar surface area (TPSA) is 129 Å². The predicted molar refractivity (Wildman–Crippen MR) is 103 cm³/mol. The number of nitrogens with zero attached hydrogens (tertiary/aromatic N) is 1. The summed E-state index contributed by atoms with van der Waals surface area (Å²) >= 11 is 1.33. The first kappa shape index (κ1) is 21.2. The van der Waals surface area contributed by atoms with Crippen LogP contribution in [0.25, 0.3) is 0 Å². The molecule has 8 nitrogen and oxygen atoms in total. The number of rotatable bonds is 6. The standard InChI is InChI=1S/C19H28N2O6S/c1-18-5-4-13(23)19(2,9-22)12(18)7-11-16(10(18)6-15(25)26)21-17(28-11)20-14(24)8-27-3/h10,12-13,22-23H,4-9H2,1-3H3,(H,25,26)(H,20,21,24)/t10-,12+,13-,18+,19+/m1/s1. The Morgan fingerprint density at radius 3 is 2.71 bits per heavy atom. The largest absolute Gasteiger partial charge is 0.481 e. The fraction of sp³-hybridized carbons (Fsp3) is 0.737. The van der Waals surface area contributed by atoms with Crippen LogP contribution in [0.1, 0.15) is 49.6 Å². The van der Waals surface area contributed by atoms with Gasteiger partial charge in [0, 0.05) is 23.3 Å². The van der Waals surface area contributed by atoms with E-state index in [1.54, 1.807) is 0 Å². The van der Waals surface area contributed by atoms with E-state index in [-0.39, 0.29) is 37.4 Å². The van der Waals surface area contributed by atoms with Crippen LogP contribution in [0.5, 0.6) is 0 Å². The average molecular weight is 413 g/mol. The lowest BCUT2D eigenvalue weighted by Crippen LogP contribution is -2.57. The molecule has 156 valence electrons. The normalized spacial score (nSPS) is 34.4. The summed E-state index contributed by atoms with van der Waals surface area (Å²) in [6, 6.07) is 0. The molecule has 0 aromatic carbocycles. The number of ether oxygens (including phenoxy) is 1. The molecule has 0 bridgehead atoms. The quantitative estimate of drug-likeness (QED) is 0.559. The third kappa shape index (κ3) is 3.45. The Hall–Kier alpha value is -1.55. The predicted octanol–water partition coefficient (Wildman–Crippen LogP) is 1.62. The van der Waals surface area contributed by atoms with E-state index in [0.29, 0.717) is 24.4 Å². The summed E-state index contributed by atoms with van der Waals surface area (Å²) in [7, 11) is 1.43. The first-order valence-electron chi connectivity index (χ1n) is 9.44. The number of anilines is 1. The highest BCUT2D eigenvalue weighted by molar-refractivity contribution is 7.15. The van der Waals surface area contributed by atoms with Crippen LogP contribution < -0.4 is 5.32 Å². The molecule has 1 aromatic rings. The minimum Gasteiger partial charge on any atom is -0.481 e. The number of nitrogens with one attached hydrogen (secondary N) is 1. The molecular formula is C19H28N2O6S. The van der Waals surface area contributed by atoms with E-state index < -0.39 is 22.9 Å². The Balaban J connectivity index is 2.04. The SMILES string of the molecule is COCC(=O)Nc1nc2c(s1)C[C@@H]1[C@](C)(CO)[C@H](O)CC[C@@]1(C)[C@@H]2CC(=O)O. The molecule has 0 spiro atoms. The zero-order chi connectivity index (χ0) is 20.7. The van der Waals surface area contributed by atoms with Gasteiger partial charge >= 0.3 is 5.97 Å². The number of aliphatic hydroxyl groups is 2. The molecule has 2 aliphatic carbocycles. The minimum atomic E-state index is -0.910. The number of hydrogen-bond donors (Lipinski definition) is 4. The van der Waals surface area contributed by atoms with Gasteiger partial charge in [0.05, 0.1) is 24.8 Å². The van der Waals surface area contributed by atoms with Crippen molar-refractivity contribution in [2.45, 2.75) is 51.6 Å². The molecule has 0 aliphatic heterocycles. The van der Waals surface area contributed by atoms with Crippen LogP contribution in [0.15, 0.2) is 0 Å². The maximum atomic E-state index is 11.9. The van der Waals surface area contributed by atoms with Gasteiger partial charge in [0.25, 0.3) is 5.91 Å². The van der Waals surface area contributed by atoms with E-state index in [9.17, 15) is 24.9 Å². The van der Waals surface area contributed by atoms with Gasteiger partial charge in [-0.2, -0.15) is 0 Å². The molecule has 0 unspecified atom stereocenters. The maximum Gasteiger partial charge on any atom is 0.304 e. The van der Waals surface area contributed by atoms with Gasteiger partial charge in [0.2, 0.25) is 0 Å². The fourth-order valence-corrected chi connectivity index (χ4v) is 6.24. The van der Waals surface area contributed by atoms with Crippen LogP contribution in [-0.2, 0) is 20.7 Å². The van der Waals surface area contributed by atoms with Crippen molar-refractivity contribution in [2.24, 2.45) is 16.7 Å². The number of aromatic nitrogens is 1. The van der Waals surface area contributed by atoms with Gasteiger partial charge in [0.15, 0.2) is 5.13 Å². The lowest BCUT2D eigenvalue weighted by atomic mass is 9.47. The van der Waals surface area contributed by atoms with E-state index >= 15 is 0 Å². The second-order valence-electron chi connectivity index (χ2n) is 8.44. The van der Waals surface area contributed by atoms with Crippen LogP contribution in [0.2, 0.25) is 0 Å². The molecule has 9 heteroatoms. The van der Waals surface area contributed by atoms with Crippen LogP contribution in [0, 0.1) is 16.7 Å². The average Bonchev–Trinajstić information content (AvgIpc) is 3.02. The van der Waals surface area contributed by atoms with E-state index in [0.717, 1.165) is 10.6 Å². The third-order valence-corrected chi connectivity index (χ3v) is 7.80. The third-order valence-electron chi connectivity index (χ3n) is 6.79. The number of carbonyl (C=O) groups is 2. The molecule has 1 amide bonds. The first-order chi connectivity index (χ1) is 13.2. The van der Waals surface area contributed by atoms with Gasteiger partial charge in [-0.25, -0.2) is 4.98 Å². The Kier molecular flexibility index (Phi) is 5.82. The molecule has 5 atom stereocenters. The van der Waals surface area contributed by atoms with Crippen LogP contribution in [0.3, 0.4) is 0 Å². The Morgan fingerprint density at radius 2 is 2.11 bits per heavy atom. The molecule has 0 saturated heterocycles. The summed E-state index contributed by atoms with van der Waals surface area (Å²) in [4.78, 5) is 29.0. The van der Waals surface area contributed by atoms with Crippen molar-refractivity contribution in [1.29, 1.82) is 0 Å². The zero-order valence-corrected chi connectivity index (χ0v) is 17.2. The molecule has 2 aliphatic rings. The molecule has 28 heavy (non-hydrogen) atoms. The van der Waals surface area contributed by atoms with E-state index in [1.807, 2.05) is 6.92 Å². The first-order valence-corrected chi connectivity index (χ1v) is 10.3. The summed E-state index contributed by atoms with van der Waals surface area (Å²) in [6.07, 6.45) is 1.04. The highest BCUT2D eigenvalue weighted by Gasteiger charge is 2.59.